The summed E-state index contributed by atoms with van der Waals surface area (Å²) in [5.74, 6) is -0.231. The Labute approximate surface area is 152 Å². The third-order valence-corrected chi connectivity index (χ3v) is 4.23. The van der Waals surface area contributed by atoms with Gasteiger partial charge in [-0.05, 0) is 29.7 Å². The first-order valence-electron chi connectivity index (χ1n) is 8.66. The number of carbonyl (C=O) groups excluding carboxylic acids is 1. The van der Waals surface area contributed by atoms with Crippen LogP contribution in [0.4, 0.5) is 4.39 Å². The average Bonchev–Trinajstić information content (AvgIpc) is 3.09. The third-order valence-electron chi connectivity index (χ3n) is 4.23. The highest BCUT2D eigenvalue weighted by Gasteiger charge is 2.18. The van der Waals surface area contributed by atoms with E-state index in [-0.39, 0.29) is 30.2 Å². The highest BCUT2D eigenvalue weighted by atomic mass is 19.1. The van der Waals surface area contributed by atoms with Gasteiger partial charge in [-0.25, -0.2) is 4.39 Å². The molecule has 0 bridgehead atoms. The number of aromatic nitrogens is 2. The number of amides is 1. The topological polar surface area (TPSA) is 46.9 Å². The molecule has 1 N–H and O–H groups in total. The summed E-state index contributed by atoms with van der Waals surface area (Å²) in [5, 5.41) is 7.49. The van der Waals surface area contributed by atoms with Crippen molar-refractivity contribution >= 4 is 5.91 Å². The first-order chi connectivity index (χ1) is 12.5. The molecule has 3 rings (SSSR count). The van der Waals surface area contributed by atoms with E-state index in [4.69, 9.17) is 0 Å². The standard InChI is InChI=1S/C21H22FN3O/c1-15(2)21(17-8-10-18(22)11-9-17)23-20(26)14-25-13-12-19(24-25)16-6-4-3-5-7-16/h3-13,15,21H,14H2,1-2H3,(H,23,26). The zero-order valence-corrected chi connectivity index (χ0v) is 14.9. The Balaban J connectivity index is 1.67. The molecule has 0 aliphatic rings. The van der Waals surface area contributed by atoms with Crippen molar-refractivity contribution in [3.05, 3.63) is 78.2 Å². The molecule has 0 fully saturated rings. The molecule has 0 spiro atoms. The van der Waals surface area contributed by atoms with Crippen LogP contribution in [0.2, 0.25) is 0 Å². The van der Waals surface area contributed by atoms with Crippen LogP contribution in [0, 0.1) is 11.7 Å². The minimum absolute atomic E-state index is 0.129. The quantitative estimate of drug-likeness (QED) is 0.723. The lowest BCUT2D eigenvalue weighted by molar-refractivity contribution is -0.122. The summed E-state index contributed by atoms with van der Waals surface area (Å²) in [6.07, 6.45) is 1.80. The molecule has 1 heterocycles. The van der Waals surface area contributed by atoms with E-state index in [0.29, 0.717) is 0 Å². The van der Waals surface area contributed by atoms with Gasteiger partial charge in [-0.15, -0.1) is 0 Å². The van der Waals surface area contributed by atoms with Gasteiger partial charge in [0.15, 0.2) is 0 Å². The fourth-order valence-electron chi connectivity index (χ4n) is 2.88. The number of hydrogen-bond acceptors (Lipinski definition) is 2. The van der Waals surface area contributed by atoms with Crippen LogP contribution in [0.5, 0.6) is 0 Å². The Kier molecular flexibility index (Phi) is 5.46. The van der Waals surface area contributed by atoms with Gasteiger partial charge in [-0.2, -0.15) is 5.10 Å². The largest absolute Gasteiger partial charge is 0.347 e. The van der Waals surface area contributed by atoms with Gasteiger partial charge in [0, 0.05) is 11.8 Å². The molecule has 5 heteroatoms. The zero-order chi connectivity index (χ0) is 18.5. The SMILES string of the molecule is CC(C)C(NC(=O)Cn1ccc(-c2ccccc2)n1)c1ccc(F)cc1. The molecule has 0 aliphatic carbocycles. The molecule has 3 aromatic rings. The summed E-state index contributed by atoms with van der Waals surface area (Å²) in [6, 6.07) is 17.8. The van der Waals surface area contributed by atoms with Crippen molar-refractivity contribution in [3.63, 3.8) is 0 Å². The summed E-state index contributed by atoms with van der Waals surface area (Å²) >= 11 is 0. The highest BCUT2D eigenvalue weighted by Crippen LogP contribution is 2.22. The number of halogens is 1. The van der Waals surface area contributed by atoms with E-state index in [1.807, 2.05) is 50.2 Å². The van der Waals surface area contributed by atoms with Crippen molar-refractivity contribution < 1.29 is 9.18 Å². The lowest BCUT2D eigenvalue weighted by atomic mass is 9.96. The van der Waals surface area contributed by atoms with Gasteiger partial charge in [-0.1, -0.05) is 56.3 Å². The van der Waals surface area contributed by atoms with Crippen LogP contribution in [0.1, 0.15) is 25.5 Å². The monoisotopic (exact) mass is 351 g/mol. The number of nitrogens with zero attached hydrogens (tertiary/aromatic N) is 2. The van der Waals surface area contributed by atoms with Gasteiger partial charge in [0.05, 0.1) is 11.7 Å². The van der Waals surface area contributed by atoms with Crippen molar-refractivity contribution in [2.75, 3.05) is 0 Å². The molecular weight excluding hydrogens is 329 g/mol. The van der Waals surface area contributed by atoms with Gasteiger partial charge in [0.2, 0.25) is 5.91 Å². The molecule has 1 aromatic heterocycles. The summed E-state index contributed by atoms with van der Waals surface area (Å²) in [6.45, 7) is 4.18. The predicted octanol–water partition coefficient (Wildman–Crippen LogP) is 4.20. The fourth-order valence-corrected chi connectivity index (χ4v) is 2.88. The minimum atomic E-state index is -0.285. The fraction of sp³-hybridized carbons (Fsp3) is 0.238. The maximum Gasteiger partial charge on any atom is 0.242 e. The molecule has 134 valence electrons. The van der Waals surface area contributed by atoms with Crippen LogP contribution in [0.3, 0.4) is 0 Å². The van der Waals surface area contributed by atoms with Crippen LogP contribution in [0.25, 0.3) is 11.3 Å². The van der Waals surface area contributed by atoms with E-state index >= 15 is 0 Å². The van der Waals surface area contributed by atoms with Crippen molar-refractivity contribution in [2.45, 2.75) is 26.4 Å². The molecule has 0 saturated heterocycles. The second-order valence-electron chi connectivity index (χ2n) is 6.61. The summed E-state index contributed by atoms with van der Waals surface area (Å²) < 4.78 is 14.8. The second kappa shape index (κ2) is 7.95. The van der Waals surface area contributed by atoms with Gasteiger partial charge in [-0.3, -0.25) is 9.48 Å². The van der Waals surface area contributed by atoms with E-state index in [2.05, 4.69) is 10.4 Å². The Bertz CT molecular complexity index is 856. The third kappa shape index (κ3) is 4.36. The van der Waals surface area contributed by atoms with Crippen molar-refractivity contribution in [3.8, 4) is 11.3 Å². The van der Waals surface area contributed by atoms with Crippen LogP contribution >= 0.6 is 0 Å². The molecule has 1 unspecified atom stereocenters. The molecular formula is C21H22FN3O. The van der Waals surface area contributed by atoms with Crippen LogP contribution in [-0.2, 0) is 11.3 Å². The van der Waals surface area contributed by atoms with Gasteiger partial charge >= 0.3 is 0 Å². The number of rotatable bonds is 6. The highest BCUT2D eigenvalue weighted by molar-refractivity contribution is 5.76. The van der Waals surface area contributed by atoms with Crippen molar-refractivity contribution in [2.24, 2.45) is 5.92 Å². The number of benzene rings is 2. The normalized spacial score (nSPS) is 12.2. The number of hydrogen-bond donors (Lipinski definition) is 1. The molecule has 1 amide bonds. The number of nitrogens with one attached hydrogen (secondary N) is 1. The molecule has 4 nitrogen and oxygen atoms in total. The lowest BCUT2D eigenvalue weighted by Crippen LogP contribution is -2.34. The Hall–Kier alpha value is -2.95. The molecule has 0 aliphatic heterocycles. The van der Waals surface area contributed by atoms with Crippen LogP contribution < -0.4 is 5.32 Å². The molecule has 0 saturated carbocycles. The van der Waals surface area contributed by atoms with Gasteiger partial charge < -0.3 is 5.32 Å². The maximum absolute atomic E-state index is 13.1. The van der Waals surface area contributed by atoms with Gasteiger partial charge in [0.25, 0.3) is 0 Å². The van der Waals surface area contributed by atoms with E-state index in [0.717, 1.165) is 16.8 Å². The van der Waals surface area contributed by atoms with Crippen molar-refractivity contribution in [1.82, 2.24) is 15.1 Å². The first-order valence-corrected chi connectivity index (χ1v) is 8.66. The second-order valence-corrected chi connectivity index (χ2v) is 6.61. The lowest BCUT2D eigenvalue weighted by Gasteiger charge is -2.23. The average molecular weight is 351 g/mol. The number of carbonyl (C=O) groups is 1. The van der Waals surface area contributed by atoms with Gasteiger partial charge in [0.1, 0.15) is 12.4 Å². The Morgan fingerprint density at radius 3 is 2.42 bits per heavy atom. The summed E-state index contributed by atoms with van der Waals surface area (Å²) in [5.41, 5.74) is 2.73. The van der Waals surface area contributed by atoms with E-state index in [1.165, 1.54) is 12.1 Å². The minimum Gasteiger partial charge on any atom is -0.347 e. The summed E-state index contributed by atoms with van der Waals surface area (Å²) in [4.78, 5) is 12.5. The predicted molar refractivity (Wildman–Crippen MR) is 99.8 cm³/mol. The molecule has 2 aromatic carbocycles. The molecule has 26 heavy (non-hydrogen) atoms. The molecule has 0 radical (unpaired) electrons. The Morgan fingerprint density at radius 1 is 1.08 bits per heavy atom. The van der Waals surface area contributed by atoms with E-state index in [1.54, 1.807) is 23.0 Å². The maximum atomic E-state index is 13.1. The Morgan fingerprint density at radius 2 is 1.77 bits per heavy atom. The smallest absolute Gasteiger partial charge is 0.242 e. The van der Waals surface area contributed by atoms with Crippen LogP contribution in [-0.4, -0.2) is 15.7 Å². The molecule has 1 atom stereocenters. The van der Waals surface area contributed by atoms with E-state index in [9.17, 15) is 9.18 Å². The van der Waals surface area contributed by atoms with Crippen LogP contribution in [0.15, 0.2) is 66.9 Å². The van der Waals surface area contributed by atoms with Crippen molar-refractivity contribution in [1.29, 1.82) is 0 Å². The van der Waals surface area contributed by atoms with E-state index < -0.39 is 0 Å². The zero-order valence-electron chi connectivity index (χ0n) is 14.9. The summed E-state index contributed by atoms with van der Waals surface area (Å²) in [7, 11) is 0. The first kappa shape index (κ1) is 17.9.